The number of carbonyl (C=O) groups is 1. The minimum Gasteiger partial charge on any atom is -0.493 e. The summed E-state index contributed by atoms with van der Waals surface area (Å²) < 4.78 is 5.89. The molecule has 5 rings (SSSR count). The molecular formula is C20H20N4O4. The number of nitrogens with zero attached hydrogens (tertiary/aromatic N) is 2. The van der Waals surface area contributed by atoms with Gasteiger partial charge in [-0.3, -0.25) is 19.8 Å². The topological polar surface area (TPSA) is 111 Å². The van der Waals surface area contributed by atoms with E-state index >= 15 is 0 Å². The average molecular weight is 380 g/mol. The van der Waals surface area contributed by atoms with Crippen LogP contribution in [0.2, 0.25) is 0 Å². The highest BCUT2D eigenvalue weighted by Crippen LogP contribution is 2.49. The van der Waals surface area contributed by atoms with Crippen LogP contribution in [-0.2, 0) is 0 Å². The lowest BCUT2D eigenvalue weighted by Gasteiger charge is -2.37. The van der Waals surface area contributed by atoms with E-state index in [-0.39, 0.29) is 29.7 Å². The monoisotopic (exact) mass is 380 g/mol. The molecule has 28 heavy (non-hydrogen) atoms. The zero-order valence-electron chi connectivity index (χ0n) is 15.4. The number of carbonyl (C=O) groups excluding carboxylic acids is 1. The van der Waals surface area contributed by atoms with E-state index in [1.807, 2.05) is 24.3 Å². The van der Waals surface area contributed by atoms with Gasteiger partial charge < -0.3 is 14.7 Å². The molecule has 1 fully saturated rings. The molecule has 2 aliphatic rings. The van der Waals surface area contributed by atoms with Crippen molar-refractivity contribution in [2.75, 3.05) is 26.3 Å². The van der Waals surface area contributed by atoms with Crippen molar-refractivity contribution < 1.29 is 14.6 Å². The molecule has 1 amide bonds. The molecule has 0 aliphatic carbocycles. The largest absolute Gasteiger partial charge is 0.493 e. The lowest BCUT2D eigenvalue weighted by molar-refractivity contribution is 0.0439. The smallest absolute Gasteiger partial charge is 0.273 e. The number of aromatic amines is 2. The summed E-state index contributed by atoms with van der Waals surface area (Å²) in [6.07, 6.45) is 0. The predicted octanol–water partition coefficient (Wildman–Crippen LogP) is 1.17. The Morgan fingerprint density at radius 1 is 1.39 bits per heavy atom. The lowest BCUT2D eigenvalue weighted by atomic mass is 9.74. The molecule has 4 heterocycles. The second-order valence-corrected chi connectivity index (χ2v) is 7.71. The van der Waals surface area contributed by atoms with Crippen LogP contribution in [0.25, 0.3) is 11.0 Å². The van der Waals surface area contributed by atoms with E-state index in [0.29, 0.717) is 36.3 Å². The summed E-state index contributed by atoms with van der Waals surface area (Å²) in [5.74, 6) is 0.598. The van der Waals surface area contributed by atoms with Crippen LogP contribution in [0.3, 0.4) is 0 Å². The minimum absolute atomic E-state index is 0.00305. The van der Waals surface area contributed by atoms with E-state index in [0.717, 1.165) is 11.3 Å². The van der Waals surface area contributed by atoms with Crippen molar-refractivity contribution in [2.24, 2.45) is 5.41 Å². The van der Waals surface area contributed by atoms with Gasteiger partial charge in [0.1, 0.15) is 11.4 Å². The van der Waals surface area contributed by atoms with E-state index in [2.05, 4.69) is 15.2 Å². The molecule has 1 aromatic carbocycles. The minimum atomic E-state index is -0.522. The van der Waals surface area contributed by atoms with Crippen LogP contribution in [0, 0.1) is 12.3 Å². The predicted molar refractivity (Wildman–Crippen MR) is 102 cm³/mol. The number of ether oxygens (including phenoxy) is 1. The number of aromatic nitrogens is 3. The maximum absolute atomic E-state index is 13.2. The van der Waals surface area contributed by atoms with Gasteiger partial charge in [-0.05, 0) is 30.2 Å². The van der Waals surface area contributed by atoms with Crippen LogP contribution in [0.15, 0.2) is 35.1 Å². The molecule has 0 bridgehead atoms. The molecule has 2 aliphatic heterocycles. The second kappa shape index (κ2) is 5.93. The maximum atomic E-state index is 13.2. The fraction of sp³-hybridized carbons (Fsp3) is 0.350. The van der Waals surface area contributed by atoms with Crippen LogP contribution < -0.4 is 10.3 Å². The second-order valence-electron chi connectivity index (χ2n) is 7.71. The van der Waals surface area contributed by atoms with Gasteiger partial charge in [-0.15, -0.1) is 0 Å². The molecule has 3 N–H and O–H groups in total. The highest BCUT2D eigenvalue weighted by Gasteiger charge is 2.52. The van der Waals surface area contributed by atoms with Gasteiger partial charge in [0.05, 0.1) is 24.0 Å². The van der Waals surface area contributed by atoms with Gasteiger partial charge >= 0.3 is 0 Å². The zero-order valence-corrected chi connectivity index (χ0v) is 15.4. The number of pyridine rings is 1. The van der Waals surface area contributed by atoms with Crippen molar-refractivity contribution >= 4 is 16.9 Å². The first kappa shape index (κ1) is 17.0. The van der Waals surface area contributed by atoms with Gasteiger partial charge in [-0.25, -0.2) is 4.98 Å². The molecule has 8 heteroatoms. The summed E-state index contributed by atoms with van der Waals surface area (Å²) in [6.45, 7) is 2.97. The van der Waals surface area contributed by atoms with E-state index < -0.39 is 5.41 Å². The third-order valence-corrected chi connectivity index (χ3v) is 6.02. The van der Waals surface area contributed by atoms with Crippen molar-refractivity contribution in [3.05, 3.63) is 57.5 Å². The van der Waals surface area contributed by atoms with E-state index in [1.54, 1.807) is 17.9 Å². The number of para-hydroxylation sites is 1. The standard InChI is InChI=1S/C20H20N4O4/c1-11-6-14(21-17-16(11)18(26)23-22-17)19(27)24-7-13-12-4-2-3-5-15(12)28-10-20(13,8-24)9-25/h2-6,13,25H,7-10H2,1H3,(H2,21,22,23,26)/t13-,20-/m1/s1. The molecular weight excluding hydrogens is 360 g/mol. The van der Waals surface area contributed by atoms with E-state index in [1.165, 1.54) is 0 Å². The number of hydrogen-bond donors (Lipinski definition) is 3. The summed E-state index contributed by atoms with van der Waals surface area (Å²) in [5, 5.41) is 15.8. The zero-order chi connectivity index (χ0) is 19.5. The van der Waals surface area contributed by atoms with Gasteiger partial charge in [0, 0.05) is 19.0 Å². The summed E-state index contributed by atoms with van der Waals surface area (Å²) in [7, 11) is 0. The van der Waals surface area contributed by atoms with Crippen molar-refractivity contribution in [1.82, 2.24) is 20.1 Å². The normalized spacial score (nSPS) is 23.4. The molecule has 0 saturated carbocycles. The van der Waals surface area contributed by atoms with Crippen LogP contribution in [0.4, 0.5) is 0 Å². The summed E-state index contributed by atoms with van der Waals surface area (Å²) in [6, 6.07) is 9.42. The Bertz CT molecular complexity index is 1150. The van der Waals surface area contributed by atoms with E-state index in [4.69, 9.17) is 4.74 Å². The summed E-state index contributed by atoms with van der Waals surface area (Å²) >= 11 is 0. The third kappa shape index (κ3) is 2.31. The number of rotatable bonds is 2. The average Bonchev–Trinajstić information content (AvgIpc) is 3.29. The molecule has 8 nitrogen and oxygen atoms in total. The fourth-order valence-electron chi connectivity index (χ4n) is 4.52. The SMILES string of the molecule is Cc1cc(C(=O)N2C[C@@H]3c4ccccc4OC[C@]3(CO)C2)nc2[nH][nH]c(=O)c12. The molecule has 144 valence electrons. The van der Waals surface area contributed by atoms with Crippen molar-refractivity contribution in [3.63, 3.8) is 0 Å². The molecule has 2 atom stereocenters. The Hall–Kier alpha value is -3.13. The number of amides is 1. The Kier molecular flexibility index (Phi) is 3.60. The number of aliphatic hydroxyl groups is 1. The van der Waals surface area contributed by atoms with Crippen LogP contribution >= 0.6 is 0 Å². The number of fused-ring (bicyclic) bond motifs is 4. The first-order chi connectivity index (χ1) is 13.5. The number of hydrogen-bond acceptors (Lipinski definition) is 5. The number of H-pyrrole nitrogens is 2. The number of nitrogens with one attached hydrogen (secondary N) is 2. The van der Waals surface area contributed by atoms with Gasteiger partial charge in [0.15, 0.2) is 5.65 Å². The Morgan fingerprint density at radius 2 is 2.21 bits per heavy atom. The molecule has 0 radical (unpaired) electrons. The number of likely N-dealkylation sites (tertiary alicyclic amines) is 1. The van der Waals surface area contributed by atoms with Crippen LogP contribution in [0.1, 0.15) is 27.5 Å². The first-order valence-corrected chi connectivity index (χ1v) is 9.22. The number of benzene rings is 1. The van der Waals surface area contributed by atoms with Gasteiger partial charge in [-0.2, -0.15) is 0 Å². The van der Waals surface area contributed by atoms with Gasteiger partial charge in [0.25, 0.3) is 11.5 Å². The molecule has 1 saturated heterocycles. The quantitative estimate of drug-likeness (QED) is 0.618. The Labute approximate surface area is 160 Å². The molecule has 0 spiro atoms. The van der Waals surface area contributed by atoms with E-state index in [9.17, 15) is 14.7 Å². The lowest BCUT2D eigenvalue weighted by Crippen LogP contribution is -2.42. The van der Waals surface area contributed by atoms with Crippen molar-refractivity contribution in [1.29, 1.82) is 0 Å². The Balaban J connectivity index is 1.51. The maximum Gasteiger partial charge on any atom is 0.273 e. The van der Waals surface area contributed by atoms with Crippen LogP contribution in [-0.4, -0.2) is 57.4 Å². The van der Waals surface area contributed by atoms with Gasteiger partial charge in [0.2, 0.25) is 0 Å². The fourth-order valence-corrected chi connectivity index (χ4v) is 4.52. The summed E-state index contributed by atoms with van der Waals surface area (Å²) in [5.41, 5.74) is 1.59. The molecule has 3 aromatic rings. The molecule has 2 aromatic heterocycles. The molecule has 0 unspecified atom stereocenters. The Morgan fingerprint density at radius 3 is 3.04 bits per heavy atom. The first-order valence-electron chi connectivity index (χ1n) is 9.22. The number of aliphatic hydroxyl groups excluding tert-OH is 1. The number of aryl methyl sites for hydroxylation is 1. The van der Waals surface area contributed by atoms with Gasteiger partial charge in [-0.1, -0.05) is 18.2 Å². The van der Waals surface area contributed by atoms with Crippen molar-refractivity contribution in [2.45, 2.75) is 12.8 Å². The highest BCUT2D eigenvalue weighted by molar-refractivity contribution is 5.95. The summed E-state index contributed by atoms with van der Waals surface area (Å²) in [4.78, 5) is 31.1. The third-order valence-electron chi connectivity index (χ3n) is 6.02. The van der Waals surface area contributed by atoms with Crippen LogP contribution in [0.5, 0.6) is 5.75 Å². The highest BCUT2D eigenvalue weighted by atomic mass is 16.5. The van der Waals surface area contributed by atoms with Crippen molar-refractivity contribution in [3.8, 4) is 5.75 Å².